The first-order chi connectivity index (χ1) is 11.3. The molecule has 24 heavy (non-hydrogen) atoms. The van der Waals surface area contributed by atoms with Crippen molar-refractivity contribution in [1.29, 1.82) is 0 Å². The number of hydrogen-bond acceptors (Lipinski definition) is 2. The Labute approximate surface area is 147 Å². The number of allylic oxidation sites excluding steroid dienone is 2. The van der Waals surface area contributed by atoms with Crippen LogP contribution in [0.25, 0.3) is 0 Å². The molecule has 4 aliphatic rings. The fourth-order valence-corrected chi connectivity index (χ4v) is 7.55. The zero-order valence-electron chi connectivity index (χ0n) is 15.9. The van der Waals surface area contributed by atoms with Crippen LogP contribution in [0, 0.1) is 34.5 Å². The van der Waals surface area contributed by atoms with Gasteiger partial charge in [0.1, 0.15) is 5.60 Å². The third-order valence-corrected chi connectivity index (χ3v) is 9.11. The van der Waals surface area contributed by atoms with E-state index >= 15 is 0 Å². The SMILES string of the molecule is CC(=O)OC1(C)CCC2C3CCC4CC=CCC4(C)C3CCC21C. The van der Waals surface area contributed by atoms with Crippen molar-refractivity contribution in [2.45, 2.75) is 84.7 Å². The molecule has 134 valence electrons. The van der Waals surface area contributed by atoms with Crippen LogP contribution in [0.15, 0.2) is 12.2 Å². The number of ether oxygens (including phenoxy) is 1. The molecular weight excluding hydrogens is 296 g/mol. The third-order valence-electron chi connectivity index (χ3n) is 9.11. The number of esters is 1. The number of carbonyl (C=O) groups is 1. The van der Waals surface area contributed by atoms with Crippen LogP contribution in [-0.2, 0) is 9.53 Å². The normalized spacial score (nSPS) is 53.0. The zero-order valence-corrected chi connectivity index (χ0v) is 15.9. The number of fused-ring (bicyclic) bond motifs is 5. The summed E-state index contributed by atoms with van der Waals surface area (Å²) in [5.41, 5.74) is 0.436. The quantitative estimate of drug-likeness (QED) is 0.467. The van der Waals surface area contributed by atoms with E-state index in [1.165, 1.54) is 44.9 Å². The Kier molecular flexibility index (Phi) is 3.72. The summed E-state index contributed by atoms with van der Waals surface area (Å²) in [5, 5.41) is 0. The smallest absolute Gasteiger partial charge is 0.303 e. The molecule has 2 nitrogen and oxygen atoms in total. The minimum absolute atomic E-state index is 0.102. The maximum Gasteiger partial charge on any atom is 0.303 e. The van der Waals surface area contributed by atoms with Crippen LogP contribution in [-0.4, -0.2) is 11.6 Å². The van der Waals surface area contributed by atoms with E-state index in [0.29, 0.717) is 5.41 Å². The third kappa shape index (κ3) is 2.10. The Morgan fingerprint density at radius 3 is 2.50 bits per heavy atom. The molecule has 0 amide bonds. The summed E-state index contributed by atoms with van der Waals surface area (Å²) >= 11 is 0. The van der Waals surface area contributed by atoms with E-state index in [9.17, 15) is 4.79 Å². The highest BCUT2D eigenvalue weighted by Gasteiger charge is 2.64. The van der Waals surface area contributed by atoms with E-state index in [4.69, 9.17) is 4.74 Å². The molecule has 0 aromatic rings. The van der Waals surface area contributed by atoms with Gasteiger partial charge in [0.15, 0.2) is 0 Å². The van der Waals surface area contributed by atoms with Crippen molar-refractivity contribution in [2.75, 3.05) is 0 Å². The second-order valence-electron chi connectivity index (χ2n) is 9.89. The maximum absolute atomic E-state index is 11.7. The lowest BCUT2D eigenvalue weighted by Gasteiger charge is -2.60. The summed E-state index contributed by atoms with van der Waals surface area (Å²) in [6, 6.07) is 0. The van der Waals surface area contributed by atoms with Gasteiger partial charge in [-0.15, -0.1) is 0 Å². The Morgan fingerprint density at radius 1 is 1.00 bits per heavy atom. The predicted molar refractivity (Wildman–Crippen MR) is 96.4 cm³/mol. The van der Waals surface area contributed by atoms with Crippen molar-refractivity contribution < 1.29 is 9.53 Å². The van der Waals surface area contributed by atoms with Gasteiger partial charge in [0, 0.05) is 12.3 Å². The van der Waals surface area contributed by atoms with Crippen molar-refractivity contribution in [3.8, 4) is 0 Å². The van der Waals surface area contributed by atoms with Crippen molar-refractivity contribution in [2.24, 2.45) is 34.5 Å². The maximum atomic E-state index is 11.7. The van der Waals surface area contributed by atoms with Crippen molar-refractivity contribution in [1.82, 2.24) is 0 Å². The first-order valence-electron chi connectivity index (χ1n) is 10.1. The topological polar surface area (TPSA) is 26.3 Å². The number of carbonyl (C=O) groups excluding carboxylic acids is 1. The highest BCUT2D eigenvalue weighted by atomic mass is 16.6. The van der Waals surface area contributed by atoms with Gasteiger partial charge in [-0.05, 0) is 87.4 Å². The van der Waals surface area contributed by atoms with Crippen LogP contribution in [0.1, 0.15) is 79.1 Å². The van der Waals surface area contributed by atoms with Crippen molar-refractivity contribution >= 4 is 5.97 Å². The summed E-state index contributed by atoms with van der Waals surface area (Å²) in [5.74, 6) is 3.25. The molecular formula is C22H34O2. The monoisotopic (exact) mass is 330 g/mol. The second kappa shape index (κ2) is 5.35. The van der Waals surface area contributed by atoms with Crippen molar-refractivity contribution in [3.63, 3.8) is 0 Å². The molecule has 3 fully saturated rings. The average Bonchev–Trinajstić information content (AvgIpc) is 2.77. The Balaban J connectivity index is 1.64. The van der Waals surface area contributed by atoms with Crippen LogP contribution in [0.4, 0.5) is 0 Å². The summed E-state index contributed by atoms with van der Waals surface area (Å²) in [7, 11) is 0. The predicted octanol–water partition coefficient (Wildman–Crippen LogP) is 5.52. The summed E-state index contributed by atoms with van der Waals surface area (Å²) in [4.78, 5) is 11.7. The molecule has 7 atom stereocenters. The van der Waals surface area contributed by atoms with Crippen LogP contribution >= 0.6 is 0 Å². The first-order valence-corrected chi connectivity index (χ1v) is 10.1. The van der Waals surface area contributed by atoms with E-state index in [1.54, 1.807) is 6.92 Å². The molecule has 7 unspecified atom stereocenters. The van der Waals surface area contributed by atoms with Gasteiger partial charge >= 0.3 is 5.97 Å². The number of hydrogen-bond donors (Lipinski definition) is 0. The van der Waals surface area contributed by atoms with E-state index < -0.39 is 0 Å². The number of rotatable bonds is 1. The van der Waals surface area contributed by atoms with E-state index in [1.807, 2.05) is 0 Å². The van der Waals surface area contributed by atoms with Gasteiger partial charge in [-0.3, -0.25) is 4.79 Å². The van der Waals surface area contributed by atoms with Crippen LogP contribution < -0.4 is 0 Å². The van der Waals surface area contributed by atoms with Crippen LogP contribution in [0.3, 0.4) is 0 Å². The van der Waals surface area contributed by atoms with Crippen molar-refractivity contribution in [3.05, 3.63) is 12.2 Å². The summed E-state index contributed by atoms with van der Waals surface area (Å²) in [6.07, 6.45) is 15.1. The minimum atomic E-state index is -0.251. The molecule has 2 heteroatoms. The highest BCUT2D eigenvalue weighted by Crippen LogP contribution is 2.68. The Bertz CT molecular complexity index is 566. The Hall–Kier alpha value is -0.790. The van der Waals surface area contributed by atoms with Gasteiger partial charge in [-0.2, -0.15) is 0 Å². The molecule has 0 radical (unpaired) electrons. The van der Waals surface area contributed by atoms with E-state index in [2.05, 4.69) is 32.9 Å². The fraction of sp³-hybridized carbons (Fsp3) is 0.864. The standard InChI is InChI=1S/C22H34O2/c1-15(23)24-22(4)14-11-19-17-9-8-16-7-5-6-12-20(16,2)18(17)10-13-21(19,22)3/h5-6,16-19H,7-14H2,1-4H3. The molecule has 0 N–H and O–H groups in total. The second-order valence-corrected chi connectivity index (χ2v) is 9.89. The molecule has 0 saturated heterocycles. The molecule has 3 saturated carbocycles. The van der Waals surface area contributed by atoms with Gasteiger partial charge in [0.25, 0.3) is 0 Å². The molecule has 0 bridgehead atoms. The highest BCUT2D eigenvalue weighted by molar-refractivity contribution is 5.66. The van der Waals surface area contributed by atoms with Crippen LogP contribution in [0.5, 0.6) is 0 Å². The molecule has 0 aromatic heterocycles. The fourth-order valence-electron chi connectivity index (χ4n) is 7.55. The van der Waals surface area contributed by atoms with Gasteiger partial charge in [0.05, 0.1) is 0 Å². The summed E-state index contributed by atoms with van der Waals surface area (Å²) < 4.78 is 5.93. The lowest BCUT2D eigenvalue weighted by atomic mass is 9.45. The molecule has 4 aliphatic carbocycles. The zero-order chi connectivity index (χ0) is 17.2. The Morgan fingerprint density at radius 2 is 1.75 bits per heavy atom. The van der Waals surface area contributed by atoms with Gasteiger partial charge < -0.3 is 4.74 Å². The van der Waals surface area contributed by atoms with Gasteiger partial charge in [0.2, 0.25) is 0 Å². The van der Waals surface area contributed by atoms with Gasteiger partial charge in [-0.25, -0.2) is 0 Å². The molecule has 0 spiro atoms. The molecule has 4 rings (SSSR count). The minimum Gasteiger partial charge on any atom is -0.459 e. The van der Waals surface area contributed by atoms with Crippen LogP contribution in [0.2, 0.25) is 0 Å². The molecule has 0 aliphatic heterocycles. The summed E-state index contributed by atoms with van der Waals surface area (Å²) in [6.45, 7) is 8.81. The lowest BCUT2D eigenvalue weighted by molar-refractivity contribution is -0.181. The first kappa shape index (κ1) is 16.7. The lowest BCUT2D eigenvalue weighted by Crippen LogP contribution is -2.56. The van der Waals surface area contributed by atoms with E-state index in [0.717, 1.165) is 30.1 Å². The largest absolute Gasteiger partial charge is 0.459 e. The molecule has 0 aromatic carbocycles. The van der Waals surface area contributed by atoms with E-state index in [-0.39, 0.29) is 17.0 Å². The molecule has 0 heterocycles. The average molecular weight is 331 g/mol. The van der Waals surface area contributed by atoms with Gasteiger partial charge in [-0.1, -0.05) is 26.0 Å².